The molecule has 0 saturated heterocycles. The average Bonchev–Trinajstić information content (AvgIpc) is 3.16. The molecule has 142 valence electrons. The highest BCUT2D eigenvalue weighted by Crippen LogP contribution is 2.30. The number of aromatic nitrogens is 3. The molecule has 1 aliphatic heterocycles. The maximum atomic E-state index is 12.9. The zero-order chi connectivity index (χ0) is 19.5. The van der Waals surface area contributed by atoms with Gasteiger partial charge in [-0.25, -0.2) is 9.07 Å². The molecule has 1 aromatic heterocycles. The van der Waals surface area contributed by atoms with E-state index < -0.39 is 0 Å². The summed E-state index contributed by atoms with van der Waals surface area (Å²) >= 11 is 0. The standard InChI is InChI=1S/C19H16FN5O3/c20-13-4-6-14(7-5-13)23-18(27)10-28-15-3-1-2-12(8-15)16-9-17(26)24-19-21-11-22-25(16)19/h1-8,11,16H,9-10H2,(H,23,27)(H,21,22,24,26)/t16-/m0/s1. The molecule has 2 amide bonds. The molecule has 9 heteroatoms. The molecule has 0 saturated carbocycles. The first kappa shape index (κ1) is 17.7. The van der Waals surface area contributed by atoms with E-state index in [2.05, 4.69) is 20.7 Å². The number of rotatable bonds is 5. The number of nitrogens with zero attached hydrogens (tertiary/aromatic N) is 3. The first-order valence-electron chi connectivity index (χ1n) is 8.56. The van der Waals surface area contributed by atoms with Crippen LogP contribution in [0.3, 0.4) is 0 Å². The van der Waals surface area contributed by atoms with Crippen LogP contribution in [-0.4, -0.2) is 33.2 Å². The number of nitrogens with one attached hydrogen (secondary N) is 2. The molecule has 0 spiro atoms. The first-order chi connectivity index (χ1) is 13.6. The lowest BCUT2D eigenvalue weighted by molar-refractivity contribution is -0.118. The fourth-order valence-corrected chi connectivity index (χ4v) is 2.96. The van der Waals surface area contributed by atoms with Gasteiger partial charge in [-0.15, -0.1) is 0 Å². The smallest absolute Gasteiger partial charge is 0.262 e. The van der Waals surface area contributed by atoms with Gasteiger partial charge in [0.2, 0.25) is 11.9 Å². The Bertz CT molecular complexity index is 1020. The summed E-state index contributed by atoms with van der Waals surface area (Å²) in [6.07, 6.45) is 1.61. The van der Waals surface area contributed by atoms with Crippen LogP contribution in [0.4, 0.5) is 16.0 Å². The molecule has 0 radical (unpaired) electrons. The van der Waals surface area contributed by atoms with Crippen molar-refractivity contribution >= 4 is 23.5 Å². The van der Waals surface area contributed by atoms with E-state index >= 15 is 0 Å². The molecule has 2 N–H and O–H groups in total. The third-order valence-electron chi connectivity index (χ3n) is 4.24. The van der Waals surface area contributed by atoms with Crippen molar-refractivity contribution in [1.82, 2.24) is 14.8 Å². The molecular formula is C19H16FN5O3. The SMILES string of the molecule is O=C(COc1cccc([C@@H]2CC(=O)Nc3ncnn32)c1)Nc1ccc(F)cc1. The monoisotopic (exact) mass is 381 g/mol. The van der Waals surface area contributed by atoms with Crippen LogP contribution in [0.5, 0.6) is 5.75 Å². The van der Waals surface area contributed by atoms with Gasteiger partial charge in [-0.05, 0) is 42.0 Å². The van der Waals surface area contributed by atoms with Crippen LogP contribution in [0.1, 0.15) is 18.0 Å². The van der Waals surface area contributed by atoms with E-state index in [0.29, 0.717) is 17.4 Å². The third-order valence-corrected chi connectivity index (χ3v) is 4.24. The van der Waals surface area contributed by atoms with Gasteiger partial charge < -0.3 is 10.1 Å². The Kier molecular flexibility index (Phi) is 4.71. The number of hydrogen-bond donors (Lipinski definition) is 2. The molecule has 1 aliphatic rings. The molecule has 0 bridgehead atoms. The van der Waals surface area contributed by atoms with E-state index in [1.54, 1.807) is 22.9 Å². The van der Waals surface area contributed by atoms with Gasteiger partial charge in [0.25, 0.3) is 5.91 Å². The largest absolute Gasteiger partial charge is 0.484 e. The van der Waals surface area contributed by atoms with Gasteiger partial charge in [-0.2, -0.15) is 10.1 Å². The van der Waals surface area contributed by atoms with Crippen LogP contribution in [0.15, 0.2) is 54.9 Å². The first-order valence-corrected chi connectivity index (χ1v) is 8.56. The number of carbonyl (C=O) groups is 2. The maximum absolute atomic E-state index is 12.9. The minimum Gasteiger partial charge on any atom is -0.484 e. The minimum atomic E-state index is -0.377. The van der Waals surface area contributed by atoms with Crippen LogP contribution in [0, 0.1) is 5.82 Å². The lowest BCUT2D eigenvalue weighted by Crippen LogP contribution is -2.29. The molecule has 0 fully saturated rings. The molecule has 28 heavy (non-hydrogen) atoms. The number of amides is 2. The summed E-state index contributed by atoms with van der Waals surface area (Å²) in [7, 11) is 0. The highest BCUT2D eigenvalue weighted by molar-refractivity contribution is 5.92. The molecule has 2 heterocycles. The predicted molar refractivity (Wildman–Crippen MR) is 98.4 cm³/mol. The van der Waals surface area contributed by atoms with Crippen molar-refractivity contribution < 1.29 is 18.7 Å². The van der Waals surface area contributed by atoms with Gasteiger partial charge in [-0.3, -0.25) is 14.9 Å². The summed E-state index contributed by atoms with van der Waals surface area (Å²) in [5.41, 5.74) is 1.30. The quantitative estimate of drug-likeness (QED) is 0.707. The van der Waals surface area contributed by atoms with E-state index in [0.717, 1.165) is 5.56 Å². The van der Waals surface area contributed by atoms with Crippen LogP contribution >= 0.6 is 0 Å². The second-order valence-corrected chi connectivity index (χ2v) is 6.21. The molecule has 3 aromatic rings. The fraction of sp³-hybridized carbons (Fsp3) is 0.158. The van der Waals surface area contributed by atoms with E-state index in [1.807, 2.05) is 6.07 Å². The molecule has 0 unspecified atom stereocenters. The highest BCUT2D eigenvalue weighted by Gasteiger charge is 2.27. The summed E-state index contributed by atoms with van der Waals surface area (Å²) in [5.74, 6) is -0.00763. The average molecular weight is 381 g/mol. The van der Waals surface area contributed by atoms with Crippen LogP contribution in [-0.2, 0) is 9.59 Å². The lowest BCUT2D eigenvalue weighted by atomic mass is 10.0. The number of carbonyl (C=O) groups excluding carboxylic acids is 2. The van der Waals surface area contributed by atoms with E-state index in [-0.39, 0.29) is 36.7 Å². The van der Waals surface area contributed by atoms with Gasteiger partial charge in [0, 0.05) is 5.69 Å². The number of ether oxygens (including phenoxy) is 1. The zero-order valence-electron chi connectivity index (χ0n) is 14.6. The minimum absolute atomic E-state index is 0.143. The Morgan fingerprint density at radius 3 is 2.93 bits per heavy atom. The number of halogens is 1. The van der Waals surface area contributed by atoms with Crippen molar-refractivity contribution in [2.45, 2.75) is 12.5 Å². The van der Waals surface area contributed by atoms with Crippen LogP contribution in [0.25, 0.3) is 0 Å². The summed E-state index contributed by atoms with van der Waals surface area (Å²) in [6, 6.07) is 12.3. The van der Waals surface area contributed by atoms with Gasteiger partial charge in [-0.1, -0.05) is 12.1 Å². The topological polar surface area (TPSA) is 98.1 Å². The summed E-state index contributed by atoms with van der Waals surface area (Å²) < 4.78 is 20.1. The Hall–Kier alpha value is -3.75. The summed E-state index contributed by atoms with van der Waals surface area (Å²) in [4.78, 5) is 27.9. The van der Waals surface area contributed by atoms with Crippen LogP contribution < -0.4 is 15.4 Å². The van der Waals surface area contributed by atoms with Crippen molar-refractivity contribution in [1.29, 1.82) is 0 Å². The second-order valence-electron chi connectivity index (χ2n) is 6.21. The molecule has 0 aliphatic carbocycles. The van der Waals surface area contributed by atoms with E-state index in [1.165, 1.54) is 30.6 Å². The Morgan fingerprint density at radius 1 is 1.29 bits per heavy atom. The molecule has 2 aromatic carbocycles. The molecular weight excluding hydrogens is 365 g/mol. The maximum Gasteiger partial charge on any atom is 0.262 e. The second kappa shape index (κ2) is 7.47. The zero-order valence-corrected chi connectivity index (χ0v) is 14.6. The number of anilines is 2. The van der Waals surface area contributed by atoms with Crippen molar-refractivity contribution in [3.63, 3.8) is 0 Å². The highest BCUT2D eigenvalue weighted by atomic mass is 19.1. The van der Waals surface area contributed by atoms with Gasteiger partial charge in [0.15, 0.2) is 6.61 Å². The van der Waals surface area contributed by atoms with Crippen molar-refractivity contribution in [2.24, 2.45) is 0 Å². The Morgan fingerprint density at radius 2 is 2.11 bits per heavy atom. The molecule has 1 atom stereocenters. The van der Waals surface area contributed by atoms with Gasteiger partial charge in [0.05, 0.1) is 12.5 Å². The predicted octanol–water partition coefficient (Wildman–Crippen LogP) is 2.37. The van der Waals surface area contributed by atoms with Crippen molar-refractivity contribution in [3.8, 4) is 5.75 Å². The fourth-order valence-electron chi connectivity index (χ4n) is 2.96. The molecule has 4 rings (SSSR count). The number of benzene rings is 2. The van der Waals surface area contributed by atoms with E-state index in [9.17, 15) is 14.0 Å². The van der Waals surface area contributed by atoms with Crippen molar-refractivity contribution in [3.05, 3.63) is 66.2 Å². The van der Waals surface area contributed by atoms with Crippen LogP contribution in [0.2, 0.25) is 0 Å². The van der Waals surface area contributed by atoms with Crippen molar-refractivity contribution in [2.75, 3.05) is 17.2 Å². The number of fused-ring (bicyclic) bond motifs is 1. The Labute approximate surface area is 159 Å². The normalized spacial score (nSPS) is 15.5. The summed E-state index contributed by atoms with van der Waals surface area (Å²) in [5, 5.41) is 9.46. The van der Waals surface area contributed by atoms with Gasteiger partial charge in [0.1, 0.15) is 17.9 Å². The summed E-state index contributed by atoms with van der Waals surface area (Å²) in [6.45, 7) is -0.208. The van der Waals surface area contributed by atoms with Gasteiger partial charge >= 0.3 is 0 Å². The molecule has 8 nitrogen and oxygen atoms in total. The third kappa shape index (κ3) is 3.83. The Balaban J connectivity index is 1.42. The van der Waals surface area contributed by atoms with E-state index in [4.69, 9.17) is 4.74 Å². The number of hydrogen-bond acceptors (Lipinski definition) is 5. The lowest BCUT2D eigenvalue weighted by Gasteiger charge is -2.24.